The van der Waals surface area contributed by atoms with Crippen molar-refractivity contribution in [2.75, 3.05) is 40.5 Å². The molecule has 31 heavy (non-hydrogen) atoms. The van der Waals surface area contributed by atoms with Crippen molar-refractivity contribution < 1.29 is 18.9 Å². The fraction of sp³-hybridized carbons (Fsp3) is 0.696. The second-order valence-electron chi connectivity index (χ2n) is 8.02. The van der Waals surface area contributed by atoms with Crippen LogP contribution in [0.5, 0.6) is 11.5 Å². The van der Waals surface area contributed by atoms with Gasteiger partial charge >= 0.3 is 0 Å². The molecule has 0 atom stereocenters. The molecule has 0 unspecified atom stereocenters. The third-order valence-corrected chi connectivity index (χ3v) is 6.03. The lowest BCUT2D eigenvalue weighted by Crippen LogP contribution is -2.50. The van der Waals surface area contributed by atoms with Gasteiger partial charge in [-0.2, -0.15) is 0 Å². The molecule has 0 amide bonds. The summed E-state index contributed by atoms with van der Waals surface area (Å²) < 4.78 is 23.2. The Bertz CT molecular complexity index is 689. The summed E-state index contributed by atoms with van der Waals surface area (Å²) in [5.41, 5.74) is 0.826. The molecule has 0 spiro atoms. The number of hydrogen-bond donors (Lipinski definition) is 2. The van der Waals surface area contributed by atoms with Crippen LogP contribution in [0.4, 0.5) is 0 Å². The maximum absolute atomic E-state index is 6.34. The first-order chi connectivity index (χ1) is 14.7. The normalized spacial score (nSPS) is 18.9. The van der Waals surface area contributed by atoms with Gasteiger partial charge in [0.1, 0.15) is 0 Å². The molecule has 1 aliphatic carbocycles. The van der Waals surface area contributed by atoms with Gasteiger partial charge < -0.3 is 29.6 Å². The smallest absolute Gasteiger partial charge is 0.191 e. The summed E-state index contributed by atoms with van der Waals surface area (Å²) in [5.74, 6) is 2.37. The average Bonchev–Trinajstić information content (AvgIpc) is 3.30. The van der Waals surface area contributed by atoms with Gasteiger partial charge in [-0.05, 0) is 38.7 Å². The molecule has 1 saturated carbocycles. The summed E-state index contributed by atoms with van der Waals surface area (Å²) in [6, 6.07) is 6.01. The summed E-state index contributed by atoms with van der Waals surface area (Å²) in [6.07, 6.45) is 6.70. The minimum absolute atomic E-state index is 0. The number of benzene rings is 1. The first kappa shape index (κ1) is 26.0. The van der Waals surface area contributed by atoms with Crippen LogP contribution in [0.3, 0.4) is 0 Å². The van der Waals surface area contributed by atoms with Crippen LogP contribution in [-0.4, -0.2) is 58.2 Å². The largest absolute Gasteiger partial charge is 0.493 e. The van der Waals surface area contributed by atoms with Crippen LogP contribution in [0.1, 0.15) is 51.0 Å². The molecule has 0 aromatic heterocycles. The molecule has 1 aliphatic heterocycles. The van der Waals surface area contributed by atoms with E-state index in [2.05, 4.69) is 23.6 Å². The molecule has 1 aromatic carbocycles. The Morgan fingerprint density at radius 2 is 1.90 bits per heavy atom. The van der Waals surface area contributed by atoms with Gasteiger partial charge in [0.15, 0.2) is 17.5 Å². The molecule has 0 radical (unpaired) electrons. The SMILES string of the molecule is CCNC(=NCc1cccc(OC)c1OC1CCCC1)NCC1(OC)CCOCC1.I. The molecule has 1 aromatic rings. The van der Waals surface area contributed by atoms with Gasteiger partial charge in [-0.15, -0.1) is 24.0 Å². The number of ether oxygens (including phenoxy) is 4. The van der Waals surface area contributed by atoms with E-state index >= 15 is 0 Å². The molecule has 2 aliphatic rings. The Kier molecular flexibility index (Phi) is 11.2. The van der Waals surface area contributed by atoms with Gasteiger partial charge in [-0.25, -0.2) is 4.99 Å². The standard InChI is InChI=1S/C23H37N3O4.HI/c1-4-24-22(26-17-23(28-3)12-14-29-15-13-23)25-16-18-8-7-11-20(27-2)21(18)30-19-9-5-6-10-19;/h7-8,11,19H,4-6,9-10,12-17H2,1-3H3,(H2,24,25,26);1H. The van der Waals surface area contributed by atoms with E-state index in [0.717, 1.165) is 68.5 Å². The van der Waals surface area contributed by atoms with Crippen LogP contribution in [-0.2, 0) is 16.0 Å². The van der Waals surface area contributed by atoms with Crippen molar-refractivity contribution in [1.82, 2.24) is 10.6 Å². The van der Waals surface area contributed by atoms with Crippen LogP contribution < -0.4 is 20.1 Å². The van der Waals surface area contributed by atoms with E-state index in [4.69, 9.17) is 23.9 Å². The number of halogens is 1. The van der Waals surface area contributed by atoms with Crippen LogP contribution in [0.2, 0.25) is 0 Å². The lowest BCUT2D eigenvalue weighted by Gasteiger charge is -2.36. The second-order valence-corrected chi connectivity index (χ2v) is 8.02. The summed E-state index contributed by atoms with van der Waals surface area (Å²) in [4.78, 5) is 4.82. The molecule has 2 fully saturated rings. The fourth-order valence-electron chi connectivity index (χ4n) is 4.10. The molecule has 0 bridgehead atoms. The maximum Gasteiger partial charge on any atom is 0.191 e. The number of rotatable bonds is 9. The molecule has 7 nitrogen and oxygen atoms in total. The number of methoxy groups -OCH3 is 2. The zero-order valence-corrected chi connectivity index (χ0v) is 21.4. The van der Waals surface area contributed by atoms with Crippen molar-refractivity contribution in [2.45, 2.75) is 63.7 Å². The number of nitrogens with zero attached hydrogens (tertiary/aromatic N) is 1. The summed E-state index contributed by atoms with van der Waals surface area (Å²) in [6.45, 7) is 5.53. The third-order valence-electron chi connectivity index (χ3n) is 6.03. The molecule has 1 heterocycles. The van der Waals surface area contributed by atoms with E-state index in [-0.39, 0.29) is 35.7 Å². The van der Waals surface area contributed by atoms with E-state index in [0.29, 0.717) is 13.1 Å². The van der Waals surface area contributed by atoms with E-state index in [1.807, 2.05) is 12.1 Å². The average molecular weight is 547 g/mol. The third kappa shape index (κ3) is 7.39. The number of nitrogens with one attached hydrogen (secondary N) is 2. The highest BCUT2D eigenvalue weighted by atomic mass is 127. The number of hydrogen-bond acceptors (Lipinski definition) is 5. The predicted octanol–water partition coefficient (Wildman–Crippen LogP) is 3.89. The Hall–Kier alpha value is -1.26. The van der Waals surface area contributed by atoms with Crippen molar-refractivity contribution in [3.05, 3.63) is 23.8 Å². The number of para-hydroxylation sites is 1. The van der Waals surface area contributed by atoms with E-state index in [1.54, 1.807) is 14.2 Å². The molecule has 176 valence electrons. The van der Waals surface area contributed by atoms with Gasteiger partial charge in [0, 0.05) is 51.8 Å². The molecule has 8 heteroatoms. The minimum atomic E-state index is -0.207. The Labute approximate surface area is 203 Å². The highest BCUT2D eigenvalue weighted by Gasteiger charge is 2.32. The summed E-state index contributed by atoms with van der Waals surface area (Å²) in [5, 5.41) is 6.79. The minimum Gasteiger partial charge on any atom is -0.493 e. The van der Waals surface area contributed by atoms with E-state index < -0.39 is 0 Å². The van der Waals surface area contributed by atoms with Crippen molar-refractivity contribution in [3.63, 3.8) is 0 Å². The van der Waals surface area contributed by atoms with Crippen LogP contribution in [0, 0.1) is 0 Å². The summed E-state index contributed by atoms with van der Waals surface area (Å²) in [7, 11) is 3.47. The van der Waals surface area contributed by atoms with Gasteiger partial charge in [-0.3, -0.25) is 0 Å². The van der Waals surface area contributed by atoms with Gasteiger partial charge in [0.05, 0.1) is 25.4 Å². The Morgan fingerprint density at radius 3 is 2.55 bits per heavy atom. The lowest BCUT2D eigenvalue weighted by atomic mass is 9.94. The molecule has 1 saturated heterocycles. The highest BCUT2D eigenvalue weighted by Crippen LogP contribution is 2.35. The quantitative estimate of drug-likeness (QED) is 0.278. The number of aliphatic imine (C=N–C) groups is 1. The van der Waals surface area contributed by atoms with E-state index in [1.165, 1.54) is 12.8 Å². The van der Waals surface area contributed by atoms with Crippen LogP contribution >= 0.6 is 24.0 Å². The van der Waals surface area contributed by atoms with Crippen molar-refractivity contribution in [3.8, 4) is 11.5 Å². The Morgan fingerprint density at radius 1 is 1.16 bits per heavy atom. The molecule has 2 N–H and O–H groups in total. The fourth-order valence-corrected chi connectivity index (χ4v) is 4.10. The monoisotopic (exact) mass is 547 g/mol. The molecule has 3 rings (SSSR count). The first-order valence-electron chi connectivity index (χ1n) is 11.2. The van der Waals surface area contributed by atoms with Gasteiger partial charge in [0.2, 0.25) is 0 Å². The highest BCUT2D eigenvalue weighted by molar-refractivity contribution is 14.0. The van der Waals surface area contributed by atoms with Crippen LogP contribution in [0.15, 0.2) is 23.2 Å². The Balaban J connectivity index is 0.00000341. The maximum atomic E-state index is 6.34. The van der Waals surface area contributed by atoms with Gasteiger partial charge in [-0.1, -0.05) is 12.1 Å². The zero-order chi connectivity index (χ0) is 21.2. The van der Waals surface area contributed by atoms with Crippen molar-refractivity contribution in [1.29, 1.82) is 0 Å². The van der Waals surface area contributed by atoms with Gasteiger partial charge in [0.25, 0.3) is 0 Å². The zero-order valence-electron chi connectivity index (χ0n) is 19.1. The lowest BCUT2D eigenvalue weighted by molar-refractivity contribution is -0.0855. The second kappa shape index (κ2) is 13.3. The molecular weight excluding hydrogens is 509 g/mol. The summed E-state index contributed by atoms with van der Waals surface area (Å²) >= 11 is 0. The van der Waals surface area contributed by atoms with Crippen molar-refractivity contribution in [2.24, 2.45) is 4.99 Å². The predicted molar refractivity (Wildman–Crippen MR) is 134 cm³/mol. The van der Waals surface area contributed by atoms with Crippen molar-refractivity contribution >= 4 is 29.9 Å². The molecular formula is C23H38IN3O4. The topological polar surface area (TPSA) is 73.3 Å². The number of guanidine groups is 1. The van der Waals surface area contributed by atoms with Crippen LogP contribution in [0.25, 0.3) is 0 Å². The first-order valence-corrected chi connectivity index (χ1v) is 11.2. The van der Waals surface area contributed by atoms with E-state index in [9.17, 15) is 0 Å².